The van der Waals surface area contributed by atoms with E-state index >= 15 is 0 Å². The van der Waals surface area contributed by atoms with Crippen LogP contribution < -0.4 is 5.32 Å². The van der Waals surface area contributed by atoms with Gasteiger partial charge in [0.1, 0.15) is 0 Å². The van der Waals surface area contributed by atoms with Gasteiger partial charge in [-0.1, -0.05) is 23.7 Å². The molecule has 17 heavy (non-hydrogen) atoms. The first-order valence-electron chi connectivity index (χ1n) is 5.64. The van der Waals surface area contributed by atoms with Crippen LogP contribution in [0.4, 0.5) is 5.69 Å². The average Bonchev–Trinajstić information content (AvgIpc) is 2.70. The first-order chi connectivity index (χ1) is 8.06. The molecule has 1 unspecified atom stereocenters. The van der Waals surface area contributed by atoms with Crippen LogP contribution in [-0.4, -0.2) is 0 Å². The molecule has 0 saturated carbocycles. The van der Waals surface area contributed by atoms with Crippen LogP contribution in [0.15, 0.2) is 29.6 Å². The van der Waals surface area contributed by atoms with Crippen molar-refractivity contribution in [2.75, 3.05) is 5.32 Å². The zero-order valence-electron chi connectivity index (χ0n) is 10.3. The van der Waals surface area contributed by atoms with Gasteiger partial charge in [0.2, 0.25) is 0 Å². The van der Waals surface area contributed by atoms with Gasteiger partial charge in [-0.15, -0.1) is 11.3 Å². The van der Waals surface area contributed by atoms with Gasteiger partial charge in [-0.3, -0.25) is 0 Å². The highest BCUT2D eigenvalue weighted by atomic mass is 35.5. The Hall–Kier alpha value is -0.990. The van der Waals surface area contributed by atoms with Gasteiger partial charge >= 0.3 is 0 Å². The number of aryl methyl sites for hydroxylation is 2. The molecule has 2 rings (SSSR count). The summed E-state index contributed by atoms with van der Waals surface area (Å²) in [6.45, 7) is 6.38. The predicted octanol–water partition coefficient (Wildman–Crippen LogP) is 5.19. The van der Waals surface area contributed by atoms with E-state index in [-0.39, 0.29) is 6.04 Å². The molecule has 0 saturated heterocycles. The van der Waals surface area contributed by atoms with Crippen LogP contribution in [0, 0.1) is 13.8 Å². The van der Waals surface area contributed by atoms with E-state index in [1.54, 1.807) is 11.3 Å². The summed E-state index contributed by atoms with van der Waals surface area (Å²) in [5.41, 5.74) is 4.97. The molecule has 1 aromatic carbocycles. The fraction of sp³-hybridized carbons (Fsp3) is 0.286. The maximum absolute atomic E-state index is 5.95. The van der Waals surface area contributed by atoms with E-state index in [4.69, 9.17) is 11.6 Å². The minimum Gasteiger partial charge on any atom is -0.378 e. The van der Waals surface area contributed by atoms with Crippen molar-refractivity contribution in [3.63, 3.8) is 0 Å². The Morgan fingerprint density at radius 2 is 2.00 bits per heavy atom. The third-order valence-electron chi connectivity index (χ3n) is 2.85. The summed E-state index contributed by atoms with van der Waals surface area (Å²) in [5, 5.41) is 5.63. The van der Waals surface area contributed by atoms with E-state index in [0.717, 1.165) is 4.34 Å². The number of anilines is 1. The minimum atomic E-state index is 0.277. The van der Waals surface area contributed by atoms with E-state index in [1.807, 2.05) is 6.07 Å². The highest BCUT2D eigenvalue weighted by Gasteiger charge is 2.08. The largest absolute Gasteiger partial charge is 0.378 e. The molecule has 0 aliphatic rings. The number of nitrogens with one attached hydrogen (secondary N) is 1. The van der Waals surface area contributed by atoms with Gasteiger partial charge in [0.25, 0.3) is 0 Å². The molecular formula is C14H16ClNS. The SMILES string of the molecule is Cc1ccc(C)c(NC(C)c2csc(Cl)c2)c1. The van der Waals surface area contributed by atoms with Gasteiger partial charge in [0.05, 0.1) is 4.34 Å². The zero-order chi connectivity index (χ0) is 12.4. The number of hydrogen-bond acceptors (Lipinski definition) is 2. The summed E-state index contributed by atoms with van der Waals surface area (Å²) in [4.78, 5) is 0. The van der Waals surface area contributed by atoms with Gasteiger partial charge in [-0.25, -0.2) is 0 Å². The highest BCUT2D eigenvalue weighted by Crippen LogP contribution is 2.28. The summed E-state index contributed by atoms with van der Waals surface area (Å²) in [7, 11) is 0. The molecule has 1 aromatic heterocycles. The predicted molar refractivity (Wildman–Crippen MR) is 77.3 cm³/mol. The molecule has 0 aliphatic carbocycles. The molecule has 0 spiro atoms. The molecular weight excluding hydrogens is 250 g/mol. The molecule has 90 valence electrons. The summed E-state index contributed by atoms with van der Waals surface area (Å²) in [6.07, 6.45) is 0. The molecule has 1 heterocycles. The third kappa shape index (κ3) is 3.02. The molecule has 0 aliphatic heterocycles. The van der Waals surface area contributed by atoms with Crippen molar-refractivity contribution in [2.24, 2.45) is 0 Å². The fourth-order valence-corrected chi connectivity index (χ4v) is 2.74. The van der Waals surface area contributed by atoms with Gasteiger partial charge in [0, 0.05) is 11.7 Å². The van der Waals surface area contributed by atoms with Crippen LogP contribution >= 0.6 is 22.9 Å². The lowest BCUT2D eigenvalue weighted by Gasteiger charge is -2.16. The first kappa shape index (κ1) is 12.5. The summed E-state index contributed by atoms with van der Waals surface area (Å²) < 4.78 is 0.842. The molecule has 3 heteroatoms. The summed E-state index contributed by atoms with van der Waals surface area (Å²) in [5.74, 6) is 0. The quantitative estimate of drug-likeness (QED) is 0.805. The number of halogens is 1. The maximum Gasteiger partial charge on any atom is 0.0931 e. The van der Waals surface area contributed by atoms with Crippen molar-refractivity contribution in [3.05, 3.63) is 50.7 Å². The van der Waals surface area contributed by atoms with Gasteiger partial charge < -0.3 is 5.32 Å². The van der Waals surface area contributed by atoms with Gasteiger partial charge in [0.15, 0.2) is 0 Å². The van der Waals surface area contributed by atoms with E-state index in [2.05, 4.69) is 49.7 Å². The second-order valence-electron chi connectivity index (χ2n) is 4.37. The van der Waals surface area contributed by atoms with E-state index in [0.29, 0.717) is 0 Å². The smallest absolute Gasteiger partial charge is 0.0931 e. The zero-order valence-corrected chi connectivity index (χ0v) is 11.8. The number of benzene rings is 1. The monoisotopic (exact) mass is 265 g/mol. The van der Waals surface area contributed by atoms with Crippen molar-refractivity contribution >= 4 is 28.6 Å². The maximum atomic E-state index is 5.95. The Kier molecular flexibility index (Phi) is 3.75. The lowest BCUT2D eigenvalue weighted by molar-refractivity contribution is 0.888. The van der Waals surface area contributed by atoms with Crippen LogP contribution in [0.2, 0.25) is 4.34 Å². The Labute approximate surface area is 111 Å². The first-order valence-corrected chi connectivity index (χ1v) is 6.90. The highest BCUT2D eigenvalue weighted by molar-refractivity contribution is 7.14. The Morgan fingerprint density at radius 3 is 2.65 bits per heavy atom. The molecule has 0 fully saturated rings. The van der Waals surface area contributed by atoms with E-state index in [1.165, 1.54) is 22.4 Å². The summed E-state index contributed by atoms with van der Waals surface area (Å²) >= 11 is 7.53. The average molecular weight is 266 g/mol. The second kappa shape index (κ2) is 5.11. The van der Waals surface area contributed by atoms with Crippen molar-refractivity contribution in [3.8, 4) is 0 Å². The molecule has 0 bridgehead atoms. The Balaban J connectivity index is 2.18. The molecule has 1 N–H and O–H groups in total. The van der Waals surface area contributed by atoms with Crippen LogP contribution in [-0.2, 0) is 0 Å². The topological polar surface area (TPSA) is 12.0 Å². The minimum absolute atomic E-state index is 0.277. The van der Waals surface area contributed by atoms with Crippen LogP contribution in [0.1, 0.15) is 29.7 Å². The van der Waals surface area contributed by atoms with Crippen molar-refractivity contribution in [1.82, 2.24) is 0 Å². The second-order valence-corrected chi connectivity index (χ2v) is 5.91. The van der Waals surface area contributed by atoms with Gasteiger partial charge in [-0.2, -0.15) is 0 Å². The van der Waals surface area contributed by atoms with Crippen molar-refractivity contribution in [1.29, 1.82) is 0 Å². The molecule has 1 atom stereocenters. The molecule has 2 aromatic rings. The molecule has 1 nitrogen and oxygen atoms in total. The van der Waals surface area contributed by atoms with E-state index in [9.17, 15) is 0 Å². The number of thiophene rings is 1. The van der Waals surface area contributed by atoms with Crippen LogP contribution in [0.25, 0.3) is 0 Å². The van der Waals surface area contributed by atoms with Crippen LogP contribution in [0.5, 0.6) is 0 Å². The standard InChI is InChI=1S/C14H16ClNS/c1-9-4-5-10(2)13(6-9)16-11(3)12-7-14(15)17-8-12/h4-8,11,16H,1-3H3. The van der Waals surface area contributed by atoms with Crippen molar-refractivity contribution in [2.45, 2.75) is 26.8 Å². The van der Waals surface area contributed by atoms with Gasteiger partial charge in [-0.05, 0) is 55.0 Å². The Bertz CT molecular complexity index is 519. The number of hydrogen-bond donors (Lipinski definition) is 1. The Morgan fingerprint density at radius 1 is 1.24 bits per heavy atom. The fourth-order valence-electron chi connectivity index (χ4n) is 1.76. The molecule has 0 amide bonds. The lowest BCUT2D eigenvalue weighted by atomic mass is 10.1. The third-order valence-corrected chi connectivity index (χ3v) is 3.96. The van der Waals surface area contributed by atoms with E-state index < -0.39 is 0 Å². The van der Waals surface area contributed by atoms with Crippen LogP contribution in [0.3, 0.4) is 0 Å². The normalized spacial score (nSPS) is 12.5. The number of rotatable bonds is 3. The molecule has 0 radical (unpaired) electrons. The van der Waals surface area contributed by atoms with Crippen molar-refractivity contribution < 1.29 is 0 Å². The lowest BCUT2D eigenvalue weighted by Crippen LogP contribution is -2.06. The summed E-state index contributed by atoms with van der Waals surface area (Å²) in [6, 6.07) is 8.76.